The highest BCUT2D eigenvalue weighted by molar-refractivity contribution is 4.86. The maximum atomic E-state index is 13.2. The van der Waals surface area contributed by atoms with Crippen molar-refractivity contribution >= 4 is 0 Å². The first-order valence-electron chi connectivity index (χ1n) is 8.36. The van der Waals surface area contributed by atoms with E-state index < -0.39 is 5.92 Å². The molecule has 0 radical (unpaired) electrons. The molecule has 20 heavy (non-hydrogen) atoms. The number of likely N-dealkylation sites (tertiary alicyclic amines) is 1. The van der Waals surface area contributed by atoms with Gasteiger partial charge in [0.05, 0.1) is 0 Å². The van der Waals surface area contributed by atoms with E-state index in [1.165, 1.54) is 38.9 Å². The molecule has 0 bridgehead atoms. The van der Waals surface area contributed by atoms with Crippen LogP contribution >= 0.6 is 0 Å². The predicted octanol–water partition coefficient (Wildman–Crippen LogP) is 3.66. The van der Waals surface area contributed by atoms with Gasteiger partial charge < -0.3 is 10.2 Å². The zero-order valence-corrected chi connectivity index (χ0v) is 13.0. The van der Waals surface area contributed by atoms with Crippen LogP contribution in [0.5, 0.6) is 0 Å². The van der Waals surface area contributed by atoms with Gasteiger partial charge in [-0.15, -0.1) is 0 Å². The number of alkyl halides is 2. The van der Waals surface area contributed by atoms with Gasteiger partial charge in [-0.2, -0.15) is 0 Å². The van der Waals surface area contributed by atoms with Crippen LogP contribution in [0.15, 0.2) is 0 Å². The van der Waals surface area contributed by atoms with Gasteiger partial charge in [-0.25, -0.2) is 8.78 Å². The molecule has 2 aliphatic rings. The maximum Gasteiger partial charge on any atom is 0.248 e. The normalized spacial score (nSPS) is 27.6. The Labute approximate surface area is 122 Å². The van der Waals surface area contributed by atoms with Crippen LogP contribution in [0.25, 0.3) is 0 Å². The molecular weight excluding hydrogens is 258 g/mol. The molecule has 1 aliphatic carbocycles. The lowest BCUT2D eigenvalue weighted by molar-refractivity contribution is -0.0494. The zero-order chi connectivity index (χ0) is 14.6. The topological polar surface area (TPSA) is 15.3 Å². The number of hydrogen-bond donors (Lipinski definition) is 1. The molecule has 2 nitrogen and oxygen atoms in total. The zero-order valence-electron chi connectivity index (χ0n) is 13.0. The third-order valence-electron chi connectivity index (χ3n) is 5.09. The first-order valence-corrected chi connectivity index (χ1v) is 8.36. The van der Waals surface area contributed by atoms with Crippen LogP contribution in [-0.4, -0.2) is 42.5 Å². The van der Waals surface area contributed by atoms with Gasteiger partial charge in [0.15, 0.2) is 0 Å². The average Bonchev–Trinajstić information content (AvgIpc) is 2.41. The van der Waals surface area contributed by atoms with Crippen LogP contribution in [-0.2, 0) is 0 Å². The van der Waals surface area contributed by atoms with E-state index in [-0.39, 0.29) is 12.8 Å². The summed E-state index contributed by atoms with van der Waals surface area (Å²) < 4.78 is 26.4. The Kier molecular flexibility index (Phi) is 5.79. The number of nitrogens with one attached hydrogen (secondary N) is 1. The van der Waals surface area contributed by atoms with Crippen molar-refractivity contribution in [2.24, 2.45) is 5.92 Å². The minimum Gasteiger partial charge on any atom is -0.311 e. The lowest BCUT2D eigenvalue weighted by Gasteiger charge is -2.37. The van der Waals surface area contributed by atoms with Crippen molar-refractivity contribution in [1.82, 2.24) is 10.2 Å². The van der Waals surface area contributed by atoms with E-state index in [0.29, 0.717) is 30.8 Å². The summed E-state index contributed by atoms with van der Waals surface area (Å²) in [7, 11) is 0. The summed E-state index contributed by atoms with van der Waals surface area (Å²) in [5.74, 6) is -1.97. The van der Waals surface area contributed by atoms with E-state index in [9.17, 15) is 8.78 Å². The monoisotopic (exact) mass is 288 g/mol. The third kappa shape index (κ3) is 4.66. The summed E-state index contributed by atoms with van der Waals surface area (Å²) in [6, 6.07) is 0.967. The minimum absolute atomic E-state index is 0.0820. The molecule has 0 spiro atoms. The minimum atomic E-state index is -2.40. The Balaban J connectivity index is 1.69. The fraction of sp³-hybridized carbons (Fsp3) is 1.00. The van der Waals surface area contributed by atoms with Gasteiger partial charge in [-0.05, 0) is 64.6 Å². The molecule has 2 fully saturated rings. The summed E-state index contributed by atoms with van der Waals surface area (Å²) in [4.78, 5) is 2.53. The highest BCUT2D eigenvalue weighted by atomic mass is 19.3. The van der Waals surface area contributed by atoms with E-state index in [1.54, 1.807) is 0 Å². The fourth-order valence-electron chi connectivity index (χ4n) is 3.71. The molecule has 1 heterocycles. The van der Waals surface area contributed by atoms with Gasteiger partial charge in [0.25, 0.3) is 0 Å². The van der Waals surface area contributed by atoms with Crippen molar-refractivity contribution in [1.29, 1.82) is 0 Å². The van der Waals surface area contributed by atoms with E-state index in [2.05, 4.69) is 24.1 Å². The number of piperidine rings is 1. The average molecular weight is 288 g/mol. The second-order valence-electron chi connectivity index (χ2n) is 6.76. The van der Waals surface area contributed by atoms with E-state index in [4.69, 9.17) is 0 Å². The molecule has 0 aromatic rings. The number of hydrogen-bond acceptors (Lipinski definition) is 2. The third-order valence-corrected chi connectivity index (χ3v) is 5.09. The molecule has 2 rings (SSSR count). The molecule has 1 saturated carbocycles. The predicted molar refractivity (Wildman–Crippen MR) is 79.3 cm³/mol. The van der Waals surface area contributed by atoms with Crippen molar-refractivity contribution < 1.29 is 8.78 Å². The van der Waals surface area contributed by atoms with Gasteiger partial charge in [-0.3, -0.25) is 0 Å². The molecule has 118 valence electrons. The fourth-order valence-corrected chi connectivity index (χ4v) is 3.71. The molecule has 1 atom stereocenters. The molecule has 4 heteroatoms. The lowest BCUT2D eigenvalue weighted by Crippen LogP contribution is -2.48. The molecule has 0 aromatic carbocycles. The molecule has 0 aromatic heterocycles. The Morgan fingerprint density at radius 2 is 1.75 bits per heavy atom. The van der Waals surface area contributed by atoms with E-state index in [1.807, 2.05) is 0 Å². The highest BCUT2D eigenvalue weighted by Gasteiger charge is 2.37. The largest absolute Gasteiger partial charge is 0.311 e. The molecule has 1 N–H and O–H groups in total. The Hall–Kier alpha value is -0.220. The molecule has 1 saturated heterocycles. The van der Waals surface area contributed by atoms with Crippen molar-refractivity contribution in [3.63, 3.8) is 0 Å². The van der Waals surface area contributed by atoms with Crippen LogP contribution in [0, 0.1) is 5.92 Å². The summed E-state index contributed by atoms with van der Waals surface area (Å²) in [6.07, 6.45) is 5.15. The SMILES string of the molecule is CCCN1CCC(NC(C)C2CCC(F)(F)CC2)CC1. The number of halogens is 2. The lowest BCUT2D eigenvalue weighted by atomic mass is 9.82. The second kappa shape index (κ2) is 7.17. The molecule has 1 aliphatic heterocycles. The van der Waals surface area contributed by atoms with E-state index >= 15 is 0 Å². The summed E-state index contributed by atoms with van der Waals surface area (Å²) >= 11 is 0. The number of rotatable bonds is 5. The smallest absolute Gasteiger partial charge is 0.248 e. The van der Waals surface area contributed by atoms with Crippen molar-refractivity contribution in [2.45, 2.75) is 76.8 Å². The van der Waals surface area contributed by atoms with Crippen LogP contribution in [0.2, 0.25) is 0 Å². The first kappa shape index (κ1) is 16.2. The van der Waals surface area contributed by atoms with Gasteiger partial charge >= 0.3 is 0 Å². The highest BCUT2D eigenvalue weighted by Crippen LogP contribution is 2.37. The second-order valence-corrected chi connectivity index (χ2v) is 6.76. The van der Waals surface area contributed by atoms with Crippen molar-refractivity contribution in [3.8, 4) is 0 Å². The van der Waals surface area contributed by atoms with Gasteiger partial charge in [0, 0.05) is 24.9 Å². The van der Waals surface area contributed by atoms with E-state index in [0.717, 1.165) is 0 Å². The molecular formula is C16H30F2N2. The van der Waals surface area contributed by atoms with Crippen LogP contribution in [0.3, 0.4) is 0 Å². The summed E-state index contributed by atoms with van der Waals surface area (Å²) in [5, 5.41) is 3.71. The standard InChI is InChI=1S/C16H30F2N2/c1-3-10-20-11-6-15(7-12-20)19-13(2)14-4-8-16(17,18)9-5-14/h13-15,19H,3-12H2,1-2H3. The summed E-state index contributed by atoms with van der Waals surface area (Å²) in [6.45, 7) is 7.99. The van der Waals surface area contributed by atoms with Gasteiger partial charge in [-0.1, -0.05) is 6.92 Å². The quantitative estimate of drug-likeness (QED) is 0.830. The van der Waals surface area contributed by atoms with Gasteiger partial charge in [0.2, 0.25) is 5.92 Å². The Bertz CT molecular complexity index is 278. The van der Waals surface area contributed by atoms with Gasteiger partial charge in [0.1, 0.15) is 0 Å². The van der Waals surface area contributed by atoms with Crippen molar-refractivity contribution in [3.05, 3.63) is 0 Å². The van der Waals surface area contributed by atoms with Crippen molar-refractivity contribution in [2.75, 3.05) is 19.6 Å². The van der Waals surface area contributed by atoms with Crippen LogP contribution in [0.1, 0.15) is 58.8 Å². The number of nitrogens with zero attached hydrogens (tertiary/aromatic N) is 1. The van der Waals surface area contributed by atoms with Crippen LogP contribution < -0.4 is 5.32 Å². The Morgan fingerprint density at radius 1 is 1.15 bits per heavy atom. The maximum absolute atomic E-state index is 13.2. The molecule has 1 unspecified atom stereocenters. The van der Waals surface area contributed by atoms with Crippen LogP contribution in [0.4, 0.5) is 8.78 Å². The summed E-state index contributed by atoms with van der Waals surface area (Å²) in [5.41, 5.74) is 0. The first-order chi connectivity index (χ1) is 9.50. The molecule has 0 amide bonds. The Morgan fingerprint density at radius 3 is 2.30 bits per heavy atom.